The minimum absolute atomic E-state index is 0.788. The second kappa shape index (κ2) is 5.13. The summed E-state index contributed by atoms with van der Waals surface area (Å²) in [5, 5.41) is 3.33. The fourth-order valence-corrected chi connectivity index (χ4v) is 2.54. The van der Waals surface area contributed by atoms with Gasteiger partial charge in [-0.3, -0.25) is 4.90 Å². The maximum Gasteiger partial charge on any atom is 0.0196 e. The van der Waals surface area contributed by atoms with Gasteiger partial charge in [-0.15, -0.1) is 0 Å². The number of likely N-dealkylation sites (tertiary alicyclic amines) is 1. The van der Waals surface area contributed by atoms with E-state index < -0.39 is 0 Å². The Balaban J connectivity index is 1.91. The van der Waals surface area contributed by atoms with Crippen LogP contribution in [-0.4, -0.2) is 37.1 Å². The second-order valence-corrected chi connectivity index (χ2v) is 5.16. The van der Waals surface area contributed by atoms with Gasteiger partial charge in [0.05, 0.1) is 0 Å². The monoisotopic (exact) mass is 208 g/mol. The zero-order valence-corrected chi connectivity index (χ0v) is 10.2. The molecule has 2 heterocycles. The van der Waals surface area contributed by atoms with Gasteiger partial charge < -0.3 is 5.32 Å². The van der Waals surface area contributed by atoms with Crippen molar-refractivity contribution in [3.05, 3.63) is 11.1 Å². The molecule has 0 aromatic rings. The summed E-state index contributed by atoms with van der Waals surface area (Å²) < 4.78 is 0. The molecule has 0 aromatic carbocycles. The molecular weight excluding hydrogens is 184 g/mol. The highest BCUT2D eigenvalue weighted by atomic mass is 15.1. The normalized spacial score (nSPS) is 28.4. The largest absolute Gasteiger partial charge is 0.309 e. The molecule has 0 aromatic heterocycles. The first-order valence-corrected chi connectivity index (χ1v) is 6.39. The van der Waals surface area contributed by atoms with E-state index in [9.17, 15) is 0 Å². The second-order valence-electron chi connectivity index (χ2n) is 5.16. The van der Waals surface area contributed by atoms with Gasteiger partial charge in [-0.2, -0.15) is 0 Å². The van der Waals surface area contributed by atoms with Crippen molar-refractivity contribution < 1.29 is 0 Å². The molecule has 0 aliphatic carbocycles. The quantitative estimate of drug-likeness (QED) is 0.700. The summed E-state index contributed by atoms with van der Waals surface area (Å²) in [5.74, 6) is 0. The third-order valence-corrected chi connectivity index (χ3v) is 3.91. The molecular formula is C13H24N2. The third kappa shape index (κ3) is 2.82. The van der Waals surface area contributed by atoms with Gasteiger partial charge in [0.15, 0.2) is 0 Å². The van der Waals surface area contributed by atoms with Crippen LogP contribution in [0.2, 0.25) is 0 Å². The molecule has 1 atom stereocenters. The molecule has 2 fully saturated rings. The van der Waals surface area contributed by atoms with Crippen LogP contribution in [0.4, 0.5) is 0 Å². The Hall–Kier alpha value is -0.340. The van der Waals surface area contributed by atoms with Crippen molar-refractivity contribution in [2.75, 3.05) is 26.2 Å². The summed E-state index contributed by atoms with van der Waals surface area (Å²) in [6.45, 7) is 9.48. The molecule has 0 bridgehead atoms. The van der Waals surface area contributed by atoms with Crippen LogP contribution in [0.15, 0.2) is 11.1 Å². The number of nitrogens with one attached hydrogen (secondary N) is 1. The van der Waals surface area contributed by atoms with Crippen LogP contribution in [0.3, 0.4) is 0 Å². The first kappa shape index (κ1) is 11.2. The lowest BCUT2D eigenvalue weighted by Crippen LogP contribution is -2.39. The highest BCUT2D eigenvalue weighted by molar-refractivity contribution is 5.22. The average Bonchev–Trinajstić information content (AvgIpc) is 2.29. The average molecular weight is 208 g/mol. The van der Waals surface area contributed by atoms with E-state index in [-0.39, 0.29) is 0 Å². The highest BCUT2D eigenvalue weighted by Gasteiger charge is 2.19. The Kier molecular flexibility index (Phi) is 3.81. The summed E-state index contributed by atoms with van der Waals surface area (Å²) >= 11 is 0. The van der Waals surface area contributed by atoms with Crippen molar-refractivity contribution in [2.45, 2.75) is 45.6 Å². The minimum atomic E-state index is 0.788. The lowest BCUT2D eigenvalue weighted by Gasteiger charge is -2.30. The Morgan fingerprint density at radius 3 is 2.80 bits per heavy atom. The fourth-order valence-electron chi connectivity index (χ4n) is 2.54. The first-order chi connectivity index (χ1) is 7.27. The number of nitrogens with zero attached hydrogens (tertiary/aromatic N) is 1. The molecule has 0 radical (unpaired) electrons. The molecule has 0 saturated carbocycles. The van der Waals surface area contributed by atoms with Crippen LogP contribution in [-0.2, 0) is 0 Å². The van der Waals surface area contributed by atoms with Crippen LogP contribution >= 0.6 is 0 Å². The van der Waals surface area contributed by atoms with E-state index in [1.807, 2.05) is 0 Å². The molecule has 2 rings (SSSR count). The molecule has 2 aliphatic rings. The summed E-state index contributed by atoms with van der Waals surface area (Å²) in [6, 6.07) is 0.788. The van der Waals surface area contributed by atoms with Crippen molar-refractivity contribution in [2.24, 2.45) is 0 Å². The van der Waals surface area contributed by atoms with Crippen LogP contribution in [0, 0.1) is 0 Å². The fraction of sp³-hybridized carbons (Fsp3) is 0.846. The Morgan fingerprint density at radius 1 is 1.33 bits per heavy atom. The summed E-state index contributed by atoms with van der Waals surface area (Å²) in [6.07, 6.45) is 5.64. The van der Waals surface area contributed by atoms with Crippen LogP contribution in [0.25, 0.3) is 0 Å². The molecule has 2 saturated heterocycles. The predicted molar refractivity (Wildman–Crippen MR) is 65.1 cm³/mol. The number of hydrogen-bond donors (Lipinski definition) is 1. The van der Waals surface area contributed by atoms with Crippen molar-refractivity contribution in [1.29, 1.82) is 0 Å². The van der Waals surface area contributed by atoms with Crippen LogP contribution < -0.4 is 5.32 Å². The summed E-state index contributed by atoms with van der Waals surface area (Å²) in [4.78, 5) is 2.67. The van der Waals surface area contributed by atoms with E-state index >= 15 is 0 Å². The molecule has 2 nitrogen and oxygen atoms in total. The molecule has 15 heavy (non-hydrogen) atoms. The Morgan fingerprint density at radius 2 is 2.13 bits per heavy atom. The Labute approximate surface area is 93.7 Å². The van der Waals surface area contributed by atoms with Gasteiger partial charge in [-0.1, -0.05) is 18.4 Å². The molecule has 0 spiro atoms. The van der Waals surface area contributed by atoms with Gasteiger partial charge in [0.25, 0.3) is 0 Å². The van der Waals surface area contributed by atoms with E-state index in [1.165, 1.54) is 38.8 Å². The van der Waals surface area contributed by atoms with Gasteiger partial charge in [0.2, 0.25) is 0 Å². The van der Waals surface area contributed by atoms with E-state index in [0.29, 0.717) is 0 Å². The van der Waals surface area contributed by atoms with Crippen molar-refractivity contribution in [3.8, 4) is 0 Å². The first-order valence-electron chi connectivity index (χ1n) is 6.39. The Bertz CT molecular complexity index is 239. The van der Waals surface area contributed by atoms with E-state index in [4.69, 9.17) is 0 Å². The topological polar surface area (TPSA) is 15.3 Å². The summed E-state index contributed by atoms with van der Waals surface area (Å²) in [5.41, 5.74) is 3.26. The van der Waals surface area contributed by atoms with E-state index in [0.717, 1.165) is 19.1 Å². The van der Waals surface area contributed by atoms with Gasteiger partial charge in [0.1, 0.15) is 0 Å². The van der Waals surface area contributed by atoms with Gasteiger partial charge in [0, 0.05) is 25.7 Å². The molecule has 86 valence electrons. The standard InChI is InChI=1S/C13H24N2/c1-11(13-8-14-9-13)10-15-7-5-3-4-6-12(15)2/h12,14H,3-10H2,1-2H3. The molecule has 2 aliphatic heterocycles. The zero-order valence-electron chi connectivity index (χ0n) is 10.2. The molecule has 1 unspecified atom stereocenters. The molecule has 1 N–H and O–H groups in total. The van der Waals surface area contributed by atoms with Crippen LogP contribution in [0.1, 0.15) is 39.5 Å². The van der Waals surface area contributed by atoms with Crippen molar-refractivity contribution >= 4 is 0 Å². The summed E-state index contributed by atoms with van der Waals surface area (Å²) in [7, 11) is 0. The third-order valence-electron chi connectivity index (χ3n) is 3.91. The van der Waals surface area contributed by atoms with Crippen LogP contribution in [0.5, 0.6) is 0 Å². The lowest BCUT2D eigenvalue weighted by molar-refractivity contribution is 0.230. The minimum Gasteiger partial charge on any atom is -0.309 e. The zero-order chi connectivity index (χ0) is 10.7. The molecule has 0 amide bonds. The lowest BCUT2D eigenvalue weighted by atomic mass is 10.0. The number of rotatable bonds is 2. The van der Waals surface area contributed by atoms with E-state index in [1.54, 1.807) is 11.1 Å². The van der Waals surface area contributed by atoms with Crippen molar-refractivity contribution in [3.63, 3.8) is 0 Å². The van der Waals surface area contributed by atoms with Gasteiger partial charge >= 0.3 is 0 Å². The van der Waals surface area contributed by atoms with E-state index in [2.05, 4.69) is 24.1 Å². The highest BCUT2D eigenvalue weighted by Crippen LogP contribution is 2.19. The molecule has 2 heteroatoms. The van der Waals surface area contributed by atoms with Crippen molar-refractivity contribution in [1.82, 2.24) is 10.2 Å². The maximum atomic E-state index is 3.33. The SMILES string of the molecule is CC(CN1CCCCCC1C)=C1CNC1. The van der Waals surface area contributed by atoms with Gasteiger partial charge in [-0.25, -0.2) is 0 Å². The number of hydrogen-bond acceptors (Lipinski definition) is 2. The smallest absolute Gasteiger partial charge is 0.0196 e. The predicted octanol–water partition coefficient (Wildman–Crippen LogP) is 2.17. The van der Waals surface area contributed by atoms with Gasteiger partial charge in [-0.05, 0) is 38.8 Å². The maximum absolute atomic E-state index is 3.33.